The quantitative estimate of drug-likeness (QED) is 0.867. The van der Waals surface area contributed by atoms with Gasteiger partial charge in [-0.2, -0.15) is 0 Å². The zero-order valence-corrected chi connectivity index (χ0v) is 11.3. The molecule has 2 heterocycles. The van der Waals surface area contributed by atoms with E-state index in [4.69, 9.17) is 5.73 Å². The standard InChI is InChI=1S/C10H15N3.3ClH/c11-7-10(4-6-12-8-10)9-3-1-2-5-13-9;;;/h1-3,5,12H,4,6-8,11H2;3*1H. The van der Waals surface area contributed by atoms with E-state index in [-0.39, 0.29) is 42.6 Å². The topological polar surface area (TPSA) is 50.9 Å². The predicted molar refractivity (Wildman–Crippen MR) is 74.2 cm³/mol. The average Bonchev–Trinajstić information content (AvgIpc) is 2.69. The number of nitrogens with zero attached hydrogens (tertiary/aromatic N) is 1. The number of nitrogens with one attached hydrogen (secondary N) is 1. The first-order chi connectivity index (χ1) is 6.37. The summed E-state index contributed by atoms with van der Waals surface area (Å²) in [6.45, 7) is 2.69. The second-order valence-electron chi connectivity index (χ2n) is 3.63. The van der Waals surface area contributed by atoms with Crippen molar-refractivity contribution in [1.82, 2.24) is 10.3 Å². The van der Waals surface area contributed by atoms with Crippen LogP contribution >= 0.6 is 37.2 Å². The SMILES string of the molecule is Cl.Cl.Cl.NCC1(c2ccccn2)CCNC1. The van der Waals surface area contributed by atoms with Crippen LogP contribution in [-0.4, -0.2) is 24.6 Å². The molecule has 0 spiro atoms. The van der Waals surface area contributed by atoms with Gasteiger partial charge in [-0.3, -0.25) is 4.98 Å². The first-order valence-electron chi connectivity index (χ1n) is 4.70. The van der Waals surface area contributed by atoms with Gasteiger partial charge in [0, 0.05) is 30.4 Å². The zero-order chi connectivity index (χ0) is 9.15. The molecule has 2 rings (SSSR count). The fourth-order valence-corrected chi connectivity index (χ4v) is 1.92. The van der Waals surface area contributed by atoms with Crippen LogP contribution in [0.25, 0.3) is 0 Å². The lowest BCUT2D eigenvalue weighted by molar-refractivity contribution is 0.469. The molecule has 0 aromatic carbocycles. The largest absolute Gasteiger partial charge is 0.329 e. The molecule has 1 aliphatic heterocycles. The lowest BCUT2D eigenvalue weighted by Gasteiger charge is -2.25. The van der Waals surface area contributed by atoms with Gasteiger partial charge in [-0.05, 0) is 25.1 Å². The Morgan fingerprint density at radius 2 is 2.06 bits per heavy atom. The number of nitrogens with two attached hydrogens (primary N) is 1. The third-order valence-electron chi connectivity index (χ3n) is 2.84. The second-order valence-corrected chi connectivity index (χ2v) is 3.63. The highest BCUT2D eigenvalue weighted by molar-refractivity contribution is 5.86. The number of rotatable bonds is 2. The van der Waals surface area contributed by atoms with Crippen molar-refractivity contribution in [2.45, 2.75) is 11.8 Å². The highest BCUT2D eigenvalue weighted by Gasteiger charge is 2.35. The van der Waals surface area contributed by atoms with E-state index in [1.165, 1.54) is 0 Å². The molecule has 94 valence electrons. The third-order valence-corrected chi connectivity index (χ3v) is 2.84. The van der Waals surface area contributed by atoms with Crippen LogP contribution in [0.15, 0.2) is 24.4 Å². The van der Waals surface area contributed by atoms with Gasteiger partial charge in [0.05, 0.1) is 0 Å². The summed E-state index contributed by atoms with van der Waals surface area (Å²) in [4.78, 5) is 4.38. The zero-order valence-electron chi connectivity index (χ0n) is 8.89. The van der Waals surface area contributed by atoms with E-state index in [1.807, 2.05) is 18.3 Å². The third kappa shape index (κ3) is 3.47. The van der Waals surface area contributed by atoms with Crippen molar-refractivity contribution >= 4 is 37.2 Å². The van der Waals surface area contributed by atoms with E-state index >= 15 is 0 Å². The molecular formula is C10H18Cl3N3. The lowest BCUT2D eigenvalue weighted by Crippen LogP contribution is -2.37. The summed E-state index contributed by atoms with van der Waals surface area (Å²) < 4.78 is 0. The van der Waals surface area contributed by atoms with Gasteiger partial charge in [-0.1, -0.05) is 6.07 Å². The minimum Gasteiger partial charge on any atom is -0.329 e. The van der Waals surface area contributed by atoms with Crippen LogP contribution in [0.3, 0.4) is 0 Å². The average molecular weight is 287 g/mol. The fourth-order valence-electron chi connectivity index (χ4n) is 1.92. The fraction of sp³-hybridized carbons (Fsp3) is 0.500. The summed E-state index contributed by atoms with van der Waals surface area (Å²) in [5.41, 5.74) is 7.03. The molecule has 0 radical (unpaired) electrons. The van der Waals surface area contributed by atoms with E-state index in [9.17, 15) is 0 Å². The molecule has 1 unspecified atom stereocenters. The predicted octanol–water partition coefficient (Wildman–Crippen LogP) is 1.54. The van der Waals surface area contributed by atoms with Crippen LogP contribution in [0.5, 0.6) is 0 Å². The molecule has 16 heavy (non-hydrogen) atoms. The van der Waals surface area contributed by atoms with Crippen molar-refractivity contribution in [3.63, 3.8) is 0 Å². The van der Waals surface area contributed by atoms with Gasteiger partial charge in [-0.15, -0.1) is 37.2 Å². The Hall–Kier alpha value is -0.0600. The summed E-state index contributed by atoms with van der Waals surface area (Å²) >= 11 is 0. The number of halogens is 3. The smallest absolute Gasteiger partial charge is 0.0491 e. The number of hydrogen-bond acceptors (Lipinski definition) is 3. The van der Waals surface area contributed by atoms with Crippen molar-refractivity contribution < 1.29 is 0 Å². The summed E-state index contributed by atoms with van der Waals surface area (Å²) in [7, 11) is 0. The van der Waals surface area contributed by atoms with Crippen LogP contribution in [0.4, 0.5) is 0 Å². The van der Waals surface area contributed by atoms with Crippen LogP contribution in [0, 0.1) is 0 Å². The van der Waals surface area contributed by atoms with Gasteiger partial charge < -0.3 is 11.1 Å². The molecule has 0 bridgehead atoms. The van der Waals surface area contributed by atoms with Gasteiger partial charge in [0.1, 0.15) is 0 Å². The molecule has 1 saturated heterocycles. The molecule has 0 aliphatic carbocycles. The van der Waals surface area contributed by atoms with Crippen molar-refractivity contribution in [1.29, 1.82) is 0 Å². The Balaban J connectivity index is 0. The molecule has 1 aromatic rings. The molecule has 3 N–H and O–H groups in total. The van der Waals surface area contributed by atoms with E-state index in [0.29, 0.717) is 6.54 Å². The number of aromatic nitrogens is 1. The molecule has 0 saturated carbocycles. The monoisotopic (exact) mass is 285 g/mol. The second kappa shape index (κ2) is 8.09. The first-order valence-corrected chi connectivity index (χ1v) is 4.70. The van der Waals surface area contributed by atoms with Crippen molar-refractivity contribution in [3.8, 4) is 0 Å². The number of hydrogen-bond donors (Lipinski definition) is 2. The summed E-state index contributed by atoms with van der Waals surface area (Å²) in [5.74, 6) is 0. The lowest BCUT2D eigenvalue weighted by atomic mass is 9.83. The van der Waals surface area contributed by atoms with E-state index < -0.39 is 0 Å². The van der Waals surface area contributed by atoms with Crippen LogP contribution in [-0.2, 0) is 5.41 Å². The molecule has 1 atom stereocenters. The number of pyridine rings is 1. The Morgan fingerprint density at radius 1 is 1.31 bits per heavy atom. The van der Waals surface area contributed by atoms with Gasteiger partial charge in [0.15, 0.2) is 0 Å². The minimum absolute atomic E-state index is 0. The van der Waals surface area contributed by atoms with Gasteiger partial charge in [0.2, 0.25) is 0 Å². The van der Waals surface area contributed by atoms with Crippen LogP contribution < -0.4 is 11.1 Å². The van der Waals surface area contributed by atoms with Crippen LogP contribution in [0.1, 0.15) is 12.1 Å². The van der Waals surface area contributed by atoms with Gasteiger partial charge >= 0.3 is 0 Å². The van der Waals surface area contributed by atoms with E-state index in [0.717, 1.165) is 25.2 Å². The highest BCUT2D eigenvalue weighted by atomic mass is 35.5. The Kier molecular flexibility index (Phi) is 9.26. The minimum atomic E-state index is 0. The Morgan fingerprint density at radius 3 is 2.50 bits per heavy atom. The van der Waals surface area contributed by atoms with Crippen molar-refractivity contribution in [2.75, 3.05) is 19.6 Å². The normalized spacial score (nSPS) is 22.6. The Labute approximate surface area is 115 Å². The molecule has 3 nitrogen and oxygen atoms in total. The summed E-state index contributed by atoms with van der Waals surface area (Å²) in [5, 5.41) is 3.34. The molecular weight excluding hydrogens is 268 g/mol. The maximum Gasteiger partial charge on any atom is 0.0491 e. The summed E-state index contributed by atoms with van der Waals surface area (Å²) in [6.07, 6.45) is 2.94. The van der Waals surface area contributed by atoms with Gasteiger partial charge in [0.25, 0.3) is 0 Å². The maximum atomic E-state index is 5.82. The maximum absolute atomic E-state index is 5.82. The van der Waals surface area contributed by atoms with Crippen molar-refractivity contribution in [3.05, 3.63) is 30.1 Å². The van der Waals surface area contributed by atoms with E-state index in [2.05, 4.69) is 16.4 Å². The first kappa shape index (κ1) is 18.3. The van der Waals surface area contributed by atoms with Crippen LogP contribution in [0.2, 0.25) is 0 Å². The molecule has 0 amide bonds. The summed E-state index contributed by atoms with van der Waals surface area (Å²) in [6, 6.07) is 6.04. The van der Waals surface area contributed by atoms with Crippen molar-refractivity contribution in [2.24, 2.45) is 5.73 Å². The van der Waals surface area contributed by atoms with Gasteiger partial charge in [-0.25, -0.2) is 0 Å². The Bertz CT molecular complexity index is 276. The highest BCUT2D eigenvalue weighted by Crippen LogP contribution is 2.27. The molecule has 1 aliphatic rings. The molecule has 6 heteroatoms. The molecule has 1 fully saturated rings. The van der Waals surface area contributed by atoms with E-state index in [1.54, 1.807) is 0 Å². The molecule has 1 aromatic heterocycles.